The van der Waals surface area contributed by atoms with E-state index in [1.165, 1.54) is 33.8 Å². The summed E-state index contributed by atoms with van der Waals surface area (Å²) in [5, 5.41) is 0. The largest absolute Gasteiger partial charge is 0.362 e. The number of rotatable bonds is 2. The van der Waals surface area contributed by atoms with Crippen molar-refractivity contribution in [3.05, 3.63) is 39.9 Å². The molecule has 1 aromatic rings. The van der Waals surface area contributed by atoms with Crippen LogP contribution in [0.25, 0.3) is 6.08 Å². The van der Waals surface area contributed by atoms with Crippen LogP contribution in [-0.4, -0.2) is 10.7 Å². The van der Waals surface area contributed by atoms with Crippen molar-refractivity contribution < 1.29 is 0 Å². The predicted molar refractivity (Wildman–Crippen MR) is 84.7 cm³/mol. The number of aliphatic imine (C=N–C) groups is 1. The molecule has 0 bridgehead atoms. The number of aryl methyl sites for hydroxylation is 2. The summed E-state index contributed by atoms with van der Waals surface area (Å²) in [6.45, 7) is 10.6. The van der Waals surface area contributed by atoms with Gasteiger partial charge in [0.05, 0.1) is 5.70 Å². The van der Waals surface area contributed by atoms with Crippen molar-refractivity contribution in [2.45, 2.75) is 41.0 Å². The van der Waals surface area contributed by atoms with E-state index in [1.54, 1.807) is 0 Å². The molecule has 0 saturated carbocycles. The molecular formula is C15H21BrN2. The molecule has 2 heterocycles. The zero-order chi connectivity index (χ0) is 12.6. The summed E-state index contributed by atoms with van der Waals surface area (Å²) in [6, 6.07) is 2.17. The standard InChI is InChI=1S/C15H20N2.BrH/c1-6-14-10(3)15(17-12(14)5)8-13-7-9(2)16-11(13)4;/h7-8,16H,6H2,1-5H3;1H/b15-8-;. The van der Waals surface area contributed by atoms with Crippen LogP contribution in [0.2, 0.25) is 0 Å². The molecule has 0 atom stereocenters. The van der Waals surface area contributed by atoms with Gasteiger partial charge >= 0.3 is 0 Å². The van der Waals surface area contributed by atoms with E-state index in [-0.39, 0.29) is 17.0 Å². The Balaban J connectivity index is 0.00000162. The number of halogens is 1. The van der Waals surface area contributed by atoms with E-state index in [1.807, 2.05) is 0 Å². The second-order valence-electron chi connectivity index (χ2n) is 4.72. The van der Waals surface area contributed by atoms with Crippen LogP contribution in [0.4, 0.5) is 0 Å². The SMILES string of the molecule is Br.CCC1=C(C)/C(=C/c2cc(C)[nH]c2C)N=C1C. The third-order valence-corrected chi connectivity index (χ3v) is 3.40. The van der Waals surface area contributed by atoms with Crippen molar-refractivity contribution in [1.82, 2.24) is 4.98 Å². The van der Waals surface area contributed by atoms with Crippen LogP contribution in [0.1, 0.15) is 44.1 Å². The Morgan fingerprint density at radius 3 is 2.33 bits per heavy atom. The summed E-state index contributed by atoms with van der Waals surface area (Å²) >= 11 is 0. The third-order valence-electron chi connectivity index (χ3n) is 3.40. The Morgan fingerprint density at radius 1 is 1.22 bits per heavy atom. The van der Waals surface area contributed by atoms with Crippen LogP contribution < -0.4 is 0 Å². The molecule has 0 aromatic carbocycles. The van der Waals surface area contributed by atoms with Crippen molar-refractivity contribution in [2.24, 2.45) is 4.99 Å². The molecule has 0 unspecified atom stereocenters. The van der Waals surface area contributed by atoms with Crippen molar-refractivity contribution in [2.75, 3.05) is 0 Å². The van der Waals surface area contributed by atoms with Gasteiger partial charge in [0.25, 0.3) is 0 Å². The summed E-state index contributed by atoms with van der Waals surface area (Å²) in [7, 11) is 0. The summed E-state index contributed by atoms with van der Waals surface area (Å²) in [5.41, 5.74) is 8.64. The van der Waals surface area contributed by atoms with E-state index < -0.39 is 0 Å². The minimum absolute atomic E-state index is 0. The first-order chi connectivity index (χ1) is 8.02. The predicted octanol–water partition coefficient (Wildman–Crippen LogP) is 4.75. The van der Waals surface area contributed by atoms with Gasteiger partial charge in [0, 0.05) is 17.1 Å². The lowest BCUT2D eigenvalue weighted by atomic mass is 10.0. The van der Waals surface area contributed by atoms with Crippen molar-refractivity contribution >= 4 is 28.8 Å². The second-order valence-corrected chi connectivity index (χ2v) is 4.72. The molecule has 0 radical (unpaired) electrons. The number of hydrogen-bond donors (Lipinski definition) is 1. The van der Waals surface area contributed by atoms with Gasteiger partial charge in [0.1, 0.15) is 0 Å². The topological polar surface area (TPSA) is 28.1 Å². The number of H-pyrrole nitrogens is 1. The third kappa shape index (κ3) is 2.66. The normalized spacial score (nSPS) is 17.2. The maximum absolute atomic E-state index is 4.66. The molecule has 1 aliphatic rings. The lowest BCUT2D eigenvalue weighted by Gasteiger charge is -1.99. The zero-order valence-electron chi connectivity index (χ0n) is 11.7. The first-order valence-corrected chi connectivity index (χ1v) is 6.16. The first kappa shape index (κ1) is 15.0. The van der Waals surface area contributed by atoms with Crippen molar-refractivity contribution in [3.8, 4) is 0 Å². The Morgan fingerprint density at radius 2 is 1.89 bits per heavy atom. The molecule has 2 rings (SSSR count). The average Bonchev–Trinajstić information content (AvgIpc) is 2.69. The molecule has 1 N–H and O–H groups in total. The smallest absolute Gasteiger partial charge is 0.0672 e. The van der Waals surface area contributed by atoms with E-state index >= 15 is 0 Å². The number of hydrogen-bond acceptors (Lipinski definition) is 1. The first-order valence-electron chi connectivity index (χ1n) is 6.16. The zero-order valence-corrected chi connectivity index (χ0v) is 13.4. The van der Waals surface area contributed by atoms with Gasteiger partial charge in [0.15, 0.2) is 0 Å². The Hall–Kier alpha value is -1.09. The lowest BCUT2D eigenvalue weighted by molar-refractivity contribution is 1.15. The van der Waals surface area contributed by atoms with Crippen LogP contribution in [0.3, 0.4) is 0 Å². The molecule has 0 saturated heterocycles. The van der Waals surface area contributed by atoms with Crippen LogP contribution >= 0.6 is 17.0 Å². The molecule has 2 nitrogen and oxygen atoms in total. The Bertz CT molecular complexity index is 545. The van der Waals surface area contributed by atoms with Crippen molar-refractivity contribution in [1.29, 1.82) is 0 Å². The van der Waals surface area contributed by atoms with Crippen LogP contribution in [0.15, 0.2) is 27.9 Å². The van der Waals surface area contributed by atoms with Gasteiger partial charge in [-0.15, -0.1) is 17.0 Å². The fourth-order valence-electron chi connectivity index (χ4n) is 2.46. The molecule has 0 amide bonds. The van der Waals surface area contributed by atoms with Gasteiger partial charge in [-0.05, 0) is 63.0 Å². The molecule has 0 fully saturated rings. The van der Waals surface area contributed by atoms with Gasteiger partial charge in [-0.25, -0.2) is 0 Å². The molecule has 1 aliphatic heterocycles. The number of nitrogens with one attached hydrogen (secondary N) is 1. The number of nitrogens with zero attached hydrogens (tertiary/aromatic N) is 1. The molecule has 3 heteroatoms. The highest BCUT2D eigenvalue weighted by Crippen LogP contribution is 2.29. The lowest BCUT2D eigenvalue weighted by Crippen LogP contribution is -1.91. The molecule has 0 aliphatic carbocycles. The Labute approximate surface area is 120 Å². The fourth-order valence-corrected chi connectivity index (χ4v) is 2.46. The molecular weight excluding hydrogens is 288 g/mol. The van der Waals surface area contributed by atoms with Gasteiger partial charge in [-0.1, -0.05) is 6.92 Å². The minimum Gasteiger partial charge on any atom is -0.362 e. The monoisotopic (exact) mass is 308 g/mol. The van der Waals surface area contributed by atoms with E-state index in [2.05, 4.69) is 56.7 Å². The van der Waals surface area contributed by atoms with E-state index in [4.69, 9.17) is 0 Å². The Kier molecular flexibility index (Phi) is 4.74. The second kappa shape index (κ2) is 5.70. The van der Waals surface area contributed by atoms with Crippen LogP contribution in [0.5, 0.6) is 0 Å². The molecule has 0 spiro atoms. The van der Waals surface area contributed by atoms with Crippen LogP contribution in [0, 0.1) is 13.8 Å². The maximum atomic E-state index is 4.66. The number of aromatic amines is 1. The van der Waals surface area contributed by atoms with Gasteiger partial charge < -0.3 is 4.98 Å². The highest BCUT2D eigenvalue weighted by Gasteiger charge is 2.16. The van der Waals surface area contributed by atoms with Gasteiger partial charge in [0.2, 0.25) is 0 Å². The number of aromatic nitrogens is 1. The fraction of sp³-hybridized carbons (Fsp3) is 0.400. The molecule has 18 heavy (non-hydrogen) atoms. The number of allylic oxidation sites excluding steroid dienone is 2. The highest BCUT2D eigenvalue weighted by atomic mass is 79.9. The van der Waals surface area contributed by atoms with Crippen LogP contribution in [-0.2, 0) is 0 Å². The molecule has 98 valence electrons. The van der Waals surface area contributed by atoms with Gasteiger partial charge in [-0.2, -0.15) is 0 Å². The summed E-state index contributed by atoms with van der Waals surface area (Å²) in [6.07, 6.45) is 3.24. The van der Waals surface area contributed by atoms with E-state index in [0.29, 0.717) is 0 Å². The molecule has 1 aromatic heterocycles. The quantitative estimate of drug-likeness (QED) is 0.816. The maximum Gasteiger partial charge on any atom is 0.0672 e. The van der Waals surface area contributed by atoms with E-state index in [0.717, 1.165) is 12.1 Å². The minimum atomic E-state index is 0. The van der Waals surface area contributed by atoms with Gasteiger partial charge in [-0.3, -0.25) is 4.99 Å². The van der Waals surface area contributed by atoms with E-state index in [9.17, 15) is 0 Å². The summed E-state index contributed by atoms with van der Waals surface area (Å²) < 4.78 is 0. The van der Waals surface area contributed by atoms with Crippen molar-refractivity contribution in [3.63, 3.8) is 0 Å². The highest BCUT2D eigenvalue weighted by molar-refractivity contribution is 8.93. The summed E-state index contributed by atoms with van der Waals surface area (Å²) in [5.74, 6) is 0. The summed E-state index contributed by atoms with van der Waals surface area (Å²) in [4.78, 5) is 7.98. The average molecular weight is 309 g/mol.